The highest BCUT2D eigenvalue weighted by molar-refractivity contribution is 14.0. The molecule has 0 spiro atoms. The Hall–Kier alpha value is -1.65. The van der Waals surface area contributed by atoms with Gasteiger partial charge in [-0.3, -0.25) is 9.58 Å². The van der Waals surface area contributed by atoms with Gasteiger partial charge < -0.3 is 15.0 Å². The molecule has 0 saturated carbocycles. The number of nitrogens with one attached hydrogen (secondary N) is 1. The Morgan fingerprint density at radius 1 is 1.17 bits per heavy atom. The third-order valence-electron chi connectivity index (χ3n) is 5.77. The molecule has 3 heterocycles. The molecule has 0 aliphatic carbocycles. The van der Waals surface area contributed by atoms with Crippen LogP contribution in [0.2, 0.25) is 0 Å². The maximum atomic E-state index is 5.51. The first-order valence-corrected chi connectivity index (χ1v) is 10.7. The molecule has 2 aromatic rings. The van der Waals surface area contributed by atoms with Gasteiger partial charge in [-0.2, -0.15) is 5.10 Å². The maximum Gasteiger partial charge on any atom is 0.194 e. The molecule has 1 aromatic heterocycles. The quantitative estimate of drug-likeness (QED) is 0.358. The number of hydrogen-bond donors (Lipinski definition) is 1. The smallest absolute Gasteiger partial charge is 0.194 e. The van der Waals surface area contributed by atoms with E-state index in [1.807, 2.05) is 23.1 Å². The van der Waals surface area contributed by atoms with Gasteiger partial charge >= 0.3 is 0 Å². The maximum absolute atomic E-state index is 5.51. The summed E-state index contributed by atoms with van der Waals surface area (Å²) in [6, 6.07) is 11.1. The minimum atomic E-state index is 0. The van der Waals surface area contributed by atoms with Crippen LogP contribution in [0.15, 0.2) is 47.7 Å². The van der Waals surface area contributed by atoms with E-state index in [2.05, 4.69) is 51.4 Å². The number of rotatable bonds is 6. The minimum Gasteiger partial charge on any atom is -0.379 e. The summed E-state index contributed by atoms with van der Waals surface area (Å²) in [4.78, 5) is 9.99. The summed E-state index contributed by atoms with van der Waals surface area (Å²) in [6.07, 6.45) is 5.02. The largest absolute Gasteiger partial charge is 0.379 e. The molecule has 1 aromatic carbocycles. The molecule has 1 unspecified atom stereocenters. The van der Waals surface area contributed by atoms with Gasteiger partial charge in [0.1, 0.15) is 0 Å². The molecule has 7 nitrogen and oxygen atoms in total. The number of morpholine rings is 1. The average molecular weight is 524 g/mol. The molecular formula is C22H33IN6O. The summed E-state index contributed by atoms with van der Waals surface area (Å²) in [5, 5.41) is 7.84. The van der Waals surface area contributed by atoms with Crippen molar-refractivity contribution in [1.82, 2.24) is 24.9 Å². The Kier molecular flexibility index (Phi) is 8.95. The summed E-state index contributed by atoms with van der Waals surface area (Å²) in [5.41, 5.74) is 2.52. The number of aliphatic imine (C=N–C) groups is 1. The summed E-state index contributed by atoms with van der Waals surface area (Å²) in [7, 11) is 0. The van der Waals surface area contributed by atoms with E-state index >= 15 is 0 Å². The monoisotopic (exact) mass is 524 g/mol. The number of halogens is 1. The Bertz CT molecular complexity index is 791. The van der Waals surface area contributed by atoms with Crippen molar-refractivity contribution in [2.45, 2.75) is 32.5 Å². The fourth-order valence-corrected chi connectivity index (χ4v) is 4.20. The van der Waals surface area contributed by atoms with Crippen molar-refractivity contribution in [1.29, 1.82) is 0 Å². The molecule has 164 valence electrons. The molecule has 0 amide bonds. The van der Waals surface area contributed by atoms with E-state index in [0.29, 0.717) is 12.6 Å². The van der Waals surface area contributed by atoms with Crippen molar-refractivity contribution in [3.63, 3.8) is 0 Å². The molecule has 1 atom stereocenters. The minimum absolute atomic E-state index is 0. The van der Waals surface area contributed by atoms with Crippen LogP contribution in [0, 0.1) is 0 Å². The van der Waals surface area contributed by atoms with Crippen LogP contribution < -0.4 is 5.32 Å². The highest BCUT2D eigenvalue weighted by Gasteiger charge is 2.30. The fraction of sp³-hybridized carbons (Fsp3) is 0.545. The van der Waals surface area contributed by atoms with Gasteiger partial charge in [0.2, 0.25) is 0 Å². The molecule has 0 radical (unpaired) electrons. The number of ether oxygens (including phenoxy) is 1. The summed E-state index contributed by atoms with van der Waals surface area (Å²) in [6.45, 7) is 10.4. The Morgan fingerprint density at radius 3 is 2.70 bits per heavy atom. The zero-order valence-electron chi connectivity index (χ0n) is 17.7. The lowest BCUT2D eigenvalue weighted by molar-refractivity contribution is 0.0195. The van der Waals surface area contributed by atoms with Crippen molar-refractivity contribution >= 4 is 29.9 Å². The van der Waals surface area contributed by atoms with Crippen LogP contribution in [0.5, 0.6) is 0 Å². The molecule has 2 aliphatic rings. The molecule has 30 heavy (non-hydrogen) atoms. The van der Waals surface area contributed by atoms with Crippen LogP contribution in [0.25, 0.3) is 0 Å². The van der Waals surface area contributed by atoms with Gasteiger partial charge in [0.05, 0.1) is 26.3 Å². The summed E-state index contributed by atoms with van der Waals surface area (Å²) < 4.78 is 7.47. The standard InChI is InChI=1S/C22H32N6O.HI/c1-2-23-22(27-11-8-21(18-27)26-12-14-29-15-13-26)24-16-19-6-3-4-7-20(19)17-28-10-5-9-25-28;/h3-7,9-10,21H,2,8,11-18H2,1H3,(H,23,24);1H. The second-order valence-electron chi connectivity index (χ2n) is 7.68. The lowest BCUT2D eigenvalue weighted by atomic mass is 10.1. The Morgan fingerprint density at radius 2 is 1.97 bits per heavy atom. The van der Waals surface area contributed by atoms with Crippen LogP contribution in [-0.2, 0) is 17.8 Å². The van der Waals surface area contributed by atoms with E-state index in [1.54, 1.807) is 0 Å². The highest BCUT2D eigenvalue weighted by atomic mass is 127. The lowest BCUT2D eigenvalue weighted by Crippen LogP contribution is -2.46. The van der Waals surface area contributed by atoms with Crippen molar-refractivity contribution in [2.24, 2.45) is 4.99 Å². The molecular weight excluding hydrogens is 491 g/mol. The van der Waals surface area contributed by atoms with Crippen LogP contribution in [0.1, 0.15) is 24.5 Å². The van der Waals surface area contributed by atoms with Crippen LogP contribution >= 0.6 is 24.0 Å². The van der Waals surface area contributed by atoms with Gasteiger partial charge in [-0.25, -0.2) is 4.99 Å². The van der Waals surface area contributed by atoms with Crippen LogP contribution in [0.3, 0.4) is 0 Å². The first-order valence-electron chi connectivity index (χ1n) is 10.7. The SMILES string of the molecule is CCNC(=NCc1ccccc1Cn1cccn1)N1CCC(N2CCOCC2)C1.I. The van der Waals surface area contributed by atoms with E-state index < -0.39 is 0 Å². The summed E-state index contributed by atoms with van der Waals surface area (Å²) in [5.74, 6) is 1.03. The van der Waals surface area contributed by atoms with Crippen molar-refractivity contribution in [3.05, 3.63) is 53.9 Å². The molecule has 0 bridgehead atoms. The van der Waals surface area contributed by atoms with E-state index in [0.717, 1.165) is 58.4 Å². The fourth-order valence-electron chi connectivity index (χ4n) is 4.20. The number of aromatic nitrogens is 2. The zero-order valence-corrected chi connectivity index (χ0v) is 20.1. The second-order valence-corrected chi connectivity index (χ2v) is 7.68. The first kappa shape index (κ1) is 23.0. The van der Waals surface area contributed by atoms with Crippen molar-refractivity contribution < 1.29 is 4.74 Å². The van der Waals surface area contributed by atoms with Crippen molar-refractivity contribution in [2.75, 3.05) is 45.9 Å². The van der Waals surface area contributed by atoms with E-state index in [9.17, 15) is 0 Å². The van der Waals surface area contributed by atoms with Gasteiger partial charge in [-0.1, -0.05) is 24.3 Å². The average Bonchev–Trinajstić information content (AvgIpc) is 3.45. The Balaban J connectivity index is 0.00000256. The molecule has 2 aliphatic heterocycles. The van der Waals surface area contributed by atoms with Gasteiger partial charge in [-0.05, 0) is 30.5 Å². The summed E-state index contributed by atoms with van der Waals surface area (Å²) >= 11 is 0. The van der Waals surface area contributed by atoms with Gasteiger partial charge in [0.25, 0.3) is 0 Å². The zero-order chi connectivity index (χ0) is 19.9. The number of benzene rings is 1. The van der Waals surface area contributed by atoms with Gasteiger partial charge in [-0.15, -0.1) is 24.0 Å². The second kappa shape index (κ2) is 11.7. The predicted molar refractivity (Wildman–Crippen MR) is 130 cm³/mol. The van der Waals surface area contributed by atoms with E-state index in [4.69, 9.17) is 9.73 Å². The number of hydrogen-bond acceptors (Lipinski definition) is 4. The molecule has 2 saturated heterocycles. The molecule has 8 heteroatoms. The molecule has 4 rings (SSSR count). The van der Waals surface area contributed by atoms with Crippen LogP contribution in [0.4, 0.5) is 0 Å². The lowest BCUT2D eigenvalue weighted by Gasteiger charge is -2.32. The number of likely N-dealkylation sites (tertiary alicyclic amines) is 1. The van der Waals surface area contributed by atoms with Gasteiger partial charge in [0.15, 0.2) is 5.96 Å². The van der Waals surface area contributed by atoms with Gasteiger partial charge in [0, 0.05) is 51.2 Å². The van der Waals surface area contributed by atoms with E-state index in [-0.39, 0.29) is 24.0 Å². The van der Waals surface area contributed by atoms with E-state index in [1.165, 1.54) is 17.5 Å². The number of nitrogens with zero attached hydrogens (tertiary/aromatic N) is 5. The molecule has 1 N–H and O–H groups in total. The first-order chi connectivity index (χ1) is 14.3. The third-order valence-corrected chi connectivity index (χ3v) is 5.77. The van der Waals surface area contributed by atoms with Crippen molar-refractivity contribution in [3.8, 4) is 0 Å². The highest BCUT2D eigenvalue weighted by Crippen LogP contribution is 2.18. The van der Waals surface area contributed by atoms with Crippen LogP contribution in [-0.4, -0.2) is 77.5 Å². The predicted octanol–water partition coefficient (Wildman–Crippen LogP) is 2.42. The molecule has 2 fully saturated rings. The topological polar surface area (TPSA) is 57.9 Å². The normalized spacial score (nSPS) is 20.2. The third kappa shape index (κ3) is 5.95. The number of guanidine groups is 1. The Labute approximate surface area is 196 Å².